The van der Waals surface area contributed by atoms with Gasteiger partial charge in [-0.05, 0) is 45.1 Å². The minimum absolute atomic E-state index is 0.150. The first kappa shape index (κ1) is 21.9. The van der Waals surface area contributed by atoms with E-state index in [1.165, 1.54) is 0 Å². The van der Waals surface area contributed by atoms with Gasteiger partial charge in [0.2, 0.25) is 0 Å². The molecule has 8 nitrogen and oxygen atoms in total. The summed E-state index contributed by atoms with van der Waals surface area (Å²) in [4.78, 5) is 18.6. The Balaban J connectivity index is 1.22. The smallest absolute Gasteiger partial charge is 0.410 e. The third-order valence-corrected chi connectivity index (χ3v) is 7.01. The van der Waals surface area contributed by atoms with Crippen LogP contribution < -0.4 is 0 Å². The van der Waals surface area contributed by atoms with E-state index in [4.69, 9.17) is 14.2 Å². The van der Waals surface area contributed by atoms with Gasteiger partial charge < -0.3 is 19.1 Å². The van der Waals surface area contributed by atoms with Crippen LogP contribution in [0.4, 0.5) is 4.79 Å². The Morgan fingerprint density at radius 2 is 2.06 bits per heavy atom. The van der Waals surface area contributed by atoms with Gasteiger partial charge in [0, 0.05) is 43.6 Å². The minimum atomic E-state index is -0.244. The van der Waals surface area contributed by atoms with E-state index in [9.17, 15) is 4.79 Å². The summed E-state index contributed by atoms with van der Waals surface area (Å²) in [5.41, 5.74) is 1.72. The second kappa shape index (κ2) is 8.82. The zero-order valence-corrected chi connectivity index (χ0v) is 19.5. The van der Waals surface area contributed by atoms with Crippen LogP contribution in [-0.2, 0) is 14.2 Å². The summed E-state index contributed by atoms with van der Waals surface area (Å²) in [5, 5.41) is 5.66. The average Bonchev–Trinajstić information content (AvgIpc) is 3.22. The van der Waals surface area contributed by atoms with Gasteiger partial charge in [-0.2, -0.15) is 5.10 Å². The van der Waals surface area contributed by atoms with E-state index in [0.717, 1.165) is 55.2 Å². The molecule has 1 saturated carbocycles. The highest BCUT2D eigenvalue weighted by molar-refractivity contribution is 5.87. The summed E-state index contributed by atoms with van der Waals surface area (Å²) in [6, 6.07) is 6.39. The molecule has 1 amide bonds. The van der Waals surface area contributed by atoms with Gasteiger partial charge in [-0.1, -0.05) is 18.7 Å². The van der Waals surface area contributed by atoms with Crippen molar-refractivity contribution in [1.29, 1.82) is 0 Å². The van der Waals surface area contributed by atoms with E-state index in [-0.39, 0.29) is 23.7 Å². The number of aromatic nitrogens is 2. The molecule has 2 saturated heterocycles. The SMILES string of the molecule is C=C(OC(=NC)C1CCN(C(=O)OC2(C)CC2)CC1)c1ccc2cnn(C3CCOC3)c2c1. The highest BCUT2D eigenvalue weighted by atomic mass is 16.6. The fourth-order valence-electron chi connectivity index (χ4n) is 4.58. The molecule has 1 aliphatic carbocycles. The molecule has 3 aliphatic rings. The summed E-state index contributed by atoms with van der Waals surface area (Å²) < 4.78 is 19.4. The van der Waals surface area contributed by atoms with E-state index >= 15 is 0 Å². The van der Waals surface area contributed by atoms with Crippen molar-refractivity contribution in [2.75, 3.05) is 33.4 Å². The largest absolute Gasteiger partial charge is 0.443 e. The summed E-state index contributed by atoms with van der Waals surface area (Å²) in [6.45, 7) is 8.91. The molecule has 0 radical (unpaired) electrons. The molecule has 2 aromatic rings. The quantitative estimate of drug-likeness (QED) is 0.381. The Bertz CT molecular complexity index is 1070. The summed E-state index contributed by atoms with van der Waals surface area (Å²) in [5.74, 6) is 1.38. The lowest BCUT2D eigenvalue weighted by Crippen LogP contribution is -2.42. The number of carbonyl (C=O) groups excluding carboxylic acids is 1. The van der Waals surface area contributed by atoms with Crippen LogP contribution in [0.15, 0.2) is 36.0 Å². The monoisotopic (exact) mass is 452 g/mol. The number of hydrogen-bond donors (Lipinski definition) is 0. The number of carbonyl (C=O) groups is 1. The first-order valence-corrected chi connectivity index (χ1v) is 11.8. The van der Waals surface area contributed by atoms with Crippen LogP contribution in [0.1, 0.15) is 50.6 Å². The van der Waals surface area contributed by atoms with Crippen molar-refractivity contribution in [2.45, 2.75) is 50.7 Å². The molecule has 1 aromatic carbocycles. The van der Waals surface area contributed by atoms with Crippen molar-refractivity contribution >= 4 is 28.7 Å². The Hall–Kier alpha value is -2.87. The molecule has 0 N–H and O–H groups in total. The number of amides is 1. The standard InChI is InChI=1S/C25H32N4O4/c1-17(19-4-5-20-15-27-29(22(20)14-19)21-8-13-31-16-21)32-23(26-3)18-6-11-28(12-7-18)24(30)33-25(2)9-10-25/h4-5,14-15,18,21H,1,6-13,16H2,2-3H3. The summed E-state index contributed by atoms with van der Waals surface area (Å²) >= 11 is 0. The van der Waals surface area contributed by atoms with Crippen LogP contribution in [0.25, 0.3) is 16.7 Å². The molecule has 3 heterocycles. The molecule has 1 atom stereocenters. The Morgan fingerprint density at radius 1 is 1.27 bits per heavy atom. The Labute approximate surface area is 194 Å². The van der Waals surface area contributed by atoms with Gasteiger partial charge in [0.1, 0.15) is 11.4 Å². The number of piperidine rings is 1. The highest BCUT2D eigenvalue weighted by Crippen LogP contribution is 2.39. The third-order valence-electron chi connectivity index (χ3n) is 7.01. The van der Waals surface area contributed by atoms with Gasteiger partial charge in [-0.15, -0.1) is 0 Å². The summed E-state index contributed by atoms with van der Waals surface area (Å²) in [6.07, 6.45) is 6.15. The van der Waals surface area contributed by atoms with Crippen LogP contribution in [0, 0.1) is 5.92 Å². The second-order valence-corrected chi connectivity index (χ2v) is 9.55. The third kappa shape index (κ3) is 4.62. The van der Waals surface area contributed by atoms with E-state index in [0.29, 0.717) is 31.4 Å². The van der Waals surface area contributed by atoms with Crippen LogP contribution >= 0.6 is 0 Å². The van der Waals surface area contributed by atoms with E-state index in [1.54, 1.807) is 11.9 Å². The number of rotatable bonds is 5. The molecule has 0 spiro atoms. The number of benzene rings is 1. The Kier molecular flexibility index (Phi) is 5.86. The topological polar surface area (TPSA) is 78.2 Å². The predicted octanol–water partition coefficient (Wildman–Crippen LogP) is 4.41. The van der Waals surface area contributed by atoms with Gasteiger partial charge in [0.25, 0.3) is 0 Å². The van der Waals surface area contributed by atoms with Crippen molar-refractivity contribution in [3.63, 3.8) is 0 Å². The zero-order chi connectivity index (χ0) is 23.0. The number of aliphatic imine (C=N–C) groups is 1. The van der Waals surface area contributed by atoms with Crippen LogP contribution in [-0.4, -0.2) is 65.6 Å². The molecule has 33 heavy (non-hydrogen) atoms. The van der Waals surface area contributed by atoms with E-state index < -0.39 is 0 Å². The van der Waals surface area contributed by atoms with Gasteiger partial charge in [0.05, 0.1) is 24.4 Å². The fraction of sp³-hybridized carbons (Fsp3) is 0.560. The number of hydrogen-bond acceptors (Lipinski definition) is 6. The number of ether oxygens (including phenoxy) is 3. The number of nitrogens with zero attached hydrogens (tertiary/aromatic N) is 4. The van der Waals surface area contributed by atoms with Gasteiger partial charge in [-0.3, -0.25) is 9.67 Å². The second-order valence-electron chi connectivity index (χ2n) is 9.55. The lowest BCUT2D eigenvalue weighted by molar-refractivity contribution is 0.0510. The van der Waals surface area contributed by atoms with Crippen molar-refractivity contribution in [2.24, 2.45) is 10.9 Å². The summed E-state index contributed by atoms with van der Waals surface area (Å²) in [7, 11) is 1.75. The van der Waals surface area contributed by atoms with Crippen molar-refractivity contribution < 1.29 is 19.0 Å². The van der Waals surface area contributed by atoms with Crippen LogP contribution in [0.3, 0.4) is 0 Å². The highest BCUT2D eigenvalue weighted by Gasteiger charge is 2.43. The normalized spacial score (nSPS) is 23.0. The lowest BCUT2D eigenvalue weighted by Gasteiger charge is -2.32. The molecule has 1 unspecified atom stereocenters. The molecule has 176 valence electrons. The predicted molar refractivity (Wildman–Crippen MR) is 126 cm³/mol. The van der Waals surface area contributed by atoms with Gasteiger partial charge >= 0.3 is 6.09 Å². The molecule has 8 heteroatoms. The van der Waals surface area contributed by atoms with Crippen molar-refractivity contribution in [3.05, 3.63) is 36.5 Å². The Morgan fingerprint density at radius 3 is 2.73 bits per heavy atom. The molecular weight excluding hydrogens is 420 g/mol. The first-order valence-electron chi connectivity index (χ1n) is 11.8. The fourth-order valence-corrected chi connectivity index (χ4v) is 4.58. The average molecular weight is 453 g/mol. The van der Waals surface area contributed by atoms with Gasteiger partial charge in [0.15, 0.2) is 5.90 Å². The van der Waals surface area contributed by atoms with E-state index in [1.807, 2.05) is 29.9 Å². The first-order chi connectivity index (χ1) is 16.0. The van der Waals surface area contributed by atoms with Crippen LogP contribution in [0.2, 0.25) is 0 Å². The van der Waals surface area contributed by atoms with E-state index in [2.05, 4.69) is 22.7 Å². The maximum Gasteiger partial charge on any atom is 0.410 e. The maximum atomic E-state index is 12.4. The molecule has 5 rings (SSSR count). The molecule has 2 aliphatic heterocycles. The molecule has 3 fully saturated rings. The molecular formula is C25H32N4O4. The minimum Gasteiger partial charge on any atom is -0.443 e. The zero-order valence-electron chi connectivity index (χ0n) is 19.5. The van der Waals surface area contributed by atoms with Crippen LogP contribution in [0.5, 0.6) is 0 Å². The van der Waals surface area contributed by atoms with Gasteiger partial charge in [-0.25, -0.2) is 4.79 Å². The lowest BCUT2D eigenvalue weighted by atomic mass is 9.96. The number of likely N-dealkylation sites (tertiary alicyclic amines) is 1. The van der Waals surface area contributed by atoms with Crippen molar-refractivity contribution in [1.82, 2.24) is 14.7 Å². The number of fused-ring (bicyclic) bond motifs is 1. The molecule has 0 bridgehead atoms. The molecule has 1 aromatic heterocycles. The van der Waals surface area contributed by atoms with Crippen molar-refractivity contribution in [3.8, 4) is 0 Å². The maximum absolute atomic E-state index is 12.4.